The Labute approximate surface area is 146 Å². The third kappa shape index (κ3) is 2.37. The van der Waals surface area contributed by atoms with Gasteiger partial charge in [0.25, 0.3) is 0 Å². The van der Waals surface area contributed by atoms with E-state index in [0.717, 1.165) is 30.2 Å². The van der Waals surface area contributed by atoms with Crippen LogP contribution in [0.3, 0.4) is 0 Å². The molecule has 8 heteroatoms. The van der Waals surface area contributed by atoms with Crippen LogP contribution in [0.1, 0.15) is 30.0 Å². The number of fused-ring (bicyclic) bond motifs is 1. The predicted molar refractivity (Wildman–Crippen MR) is 89.6 cm³/mol. The molecule has 0 radical (unpaired) electrons. The molecule has 0 spiro atoms. The van der Waals surface area contributed by atoms with E-state index in [0.29, 0.717) is 11.6 Å². The van der Waals surface area contributed by atoms with Gasteiger partial charge in [0.05, 0.1) is 16.8 Å². The molecule has 1 fully saturated rings. The third-order valence-electron chi connectivity index (χ3n) is 4.07. The Balaban J connectivity index is 2.16. The molecule has 0 aliphatic heterocycles. The second-order valence-electron chi connectivity index (χ2n) is 5.79. The topological polar surface area (TPSA) is 60.7 Å². The van der Waals surface area contributed by atoms with Gasteiger partial charge < -0.3 is 0 Å². The lowest BCUT2D eigenvalue weighted by Gasteiger charge is -2.15. The van der Waals surface area contributed by atoms with Gasteiger partial charge in [-0.2, -0.15) is 4.98 Å². The molecule has 0 amide bonds. The normalized spacial score (nSPS) is 14.3. The summed E-state index contributed by atoms with van der Waals surface area (Å²) in [7, 11) is 0. The summed E-state index contributed by atoms with van der Waals surface area (Å²) in [6.45, 7) is 1.88. The van der Waals surface area contributed by atoms with Crippen molar-refractivity contribution in [1.29, 1.82) is 0 Å². The van der Waals surface area contributed by atoms with E-state index in [9.17, 15) is 9.18 Å². The number of rotatable bonds is 2. The maximum Gasteiger partial charge on any atom is 0.355 e. The Hall–Kier alpha value is -2.05. The second-order valence-corrected chi connectivity index (χ2v) is 6.50. The maximum absolute atomic E-state index is 13.8. The summed E-state index contributed by atoms with van der Waals surface area (Å²) in [5.74, 6) is -0.420. The zero-order valence-corrected chi connectivity index (χ0v) is 14.1. The summed E-state index contributed by atoms with van der Waals surface area (Å²) < 4.78 is 15.1. The van der Waals surface area contributed by atoms with E-state index in [4.69, 9.17) is 23.2 Å². The minimum absolute atomic E-state index is 0.108. The second kappa shape index (κ2) is 5.50. The van der Waals surface area contributed by atoms with Gasteiger partial charge >= 0.3 is 5.69 Å². The van der Waals surface area contributed by atoms with Gasteiger partial charge in [0, 0.05) is 12.1 Å². The van der Waals surface area contributed by atoms with Gasteiger partial charge in [-0.05, 0) is 37.5 Å². The third-order valence-corrected chi connectivity index (χ3v) is 4.63. The first-order chi connectivity index (χ1) is 11.5. The molecule has 0 bridgehead atoms. The molecule has 5 nitrogen and oxygen atoms in total. The van der Waals surface area contributed by atoms with Crippen molar-refractivity contribution in [1.82, 2.24) is 19.5 Å². The summed E-state index contributed by atoms with van der Waals surface area (Å²) in [4.78, 5) is 24.8. The van der Waals surface area contributed by atoms with E-state index in [1.54, 1.807) is 12.3 Å². The van der Waals surface area contributed by atoms with Gasteiger partial charge in [0.2, 0.25) is 0 Å². The number of aromatic nitrogens is 4. The molecule has 0 atom stereocenters. The van der Waals surface area contributed by atoms with E-state index in [-0.39, 0.29) is 21.3 Å². The monoisotopic (exact) mass is 364 g/mol. The largest absolute Gasteiger partial charge is 0.355 e. The number of pyridine rings is 2. The van der Waals surface area contributed by atoms with Crippen LogP contribution in [-0.4, -0.2) is 19.5 Å². The number of aryl methyl sites for hydroxylation is 1. The number of hydrogen-bond donors (Lipinski definition) is 0. The SMILES string of the molecule is Cc1ccnc(C2CC2)c1-n1c(=O)nc(Cl)c2cc(F)c(Cl)nc21. The van der Waals surface area contributed by atoms with Crippen molar-refractivity contribution in [3.63, 3.8) is 0 Å². The molecule has 0 aromatic carbocycles. The smallest absolute Gasteiger partial charge is 0.259 e. The van der Waals surface area contributed by atoms with Crippen molar-refractivity contribution in [2.45, 2.75) is 25.7 Å². The molecule has 4 rings (SSSR count). The van der Waals surface area contributed by atoms with Gasteiger partial charge in [-0.15, -0.1) is 0 Å². The molecule has 1 aliphatic rings. The van der Waals surface area contributed by atoms with Crippen molar-refractivity contribution >= 4 is 34.2 Å². The Morgan fingerprint density at radius 2 is 2.00 bits per heavy atom. The molecule has 3 aromatic rings. The van der Waals surface area contributed by atoms with Crippen LogP contribution in [0.5, 0.6) is 0 Å². The van der Waals surface area contributed by atoms with E-state index in [2.05, 4.69) is 15.0 Å². The van der Waals surface area contributed by atoms with Crippen LogP contribution < -0.4 is 5.69 Å². The van der Waals surface area contributed by atoms with Crippen LogP contribution >= 0.6 is 23.2 Å². The Morgan fingerprint density at radius 3 is 2.71 bits per heavy atom. The fourth-order valence-corrected chi connectivity index (χ4v) is 3.13. The average Bonchev–Trinajstić information content (AvgIpc) is 3.35. The molecule has 3 aromatic heterocycles. The lowest BCUT2D eigenvalue weighted by molar-refractivity contribution is 0.624. The standard InChI is InChI=1S/C16H11Cl2FN4O/c1-7-4-5-20-11(8-2-3-8)12(7)23-15-9(13(17)22-16(23)24)6-10(19)14(18)21-15/h4-6,8H,2-3H2,1H3. The van der Waals surface area contributed by atoms with Crippen molar-refractivity contribution in [3.05, 3.63) is 56.2 Å². The maximum atomic E-state index is 13.8. The first-order valence-electron chi connectivity index (χ1n) is 7.37. The van der Waals surface area contributed by atoms with Gasteiger partial charge in [0.1, 0.15) is 5.15 Å². The van der Waals surface area contributed by atoms with Gasteiger partial charge in [-0.1, -0.05) is 23.2 Å². The fourth-order valence-electron chi connectivity index (χ4n) is 2.78. The predicted octanol–water partition coefficient (Wildman–Crippen LogP) is 3.81. The molecular weight excluding hydrogens is 354 g/mol. The molecule has 0 N–H and O–H groups in total. The molecule has 0 unspecified atom stereocenters. The molecule has 1 aliphatic carbocycles. The Kier molecular flexibility index (Phi) is 3.54. The van der Waals surface area contributed by atoms with Crippen molar-refractivity contribution in [3.8, 4) is 5.69 Å². The summed E-state index contributed by atoms with van der Waals surface area (Å²) in [5, 5.41) is -0.209. The number of nitrogens with zero attached hydrogens (tertiary/aromatic N) is 4. The van der Waals surface area contributed by atoms with Gasteiger partial charge in [-0.25, -0.2) is 18.7 Å². The minimum Gasteiger partial charge on any atom is -0.259 e. The highest BCUT2D eigenvalue weighted by molar-refractivity contribution is 6.34. The highest BCUT2D eigenvalue weighted by Gasteiger charge is 2.30. The zero-order valence-electron chi connectivity index (χ0n) is 12.6. The van der Waals surface area contributed by atoms with Crippen LogP contribution in [0.2, 0.25) is 10.3 Å². The van der Waals surface area contributed by atoms with Gasteiger partial charge in [0.15, 0.2) is 16.6 Å². The number of halogens is 3. The highest BCUT2D eigenvalue weighted by Crippen LogP contribution is 2.42. The van der Waals surface area contributed by atoms with Crippen LogP contribution in [0.15, 0.2) is 23.1 Å². The van der Waals surface area contributed by atoms with E-state index in [1.165, 1.54) is 4.57 Å². The van der Waals surface area contributed by atoms with Crippen LogP contribution in [-0.2, 0) is 0 Å². The summed E-state index contributed by atoms with van der Waals surface area (Å²) in [6, 6.07) is 2.94. The molecule has 24 heavy (non-hydrogen) atoms. The summed E-state index contributed by atoms with van der Waals surface area (Å²) in [5.41, 5.74) is 1.85. The Bertz CT molecular complexity index is 1050. The quantitative estimate of drug-likeness (QED) is 0.512. The highest BCUT2D eigenvalue weighted by atomic mass is 35.5. The fraction of sp³-hybridized carbons (Fsp3) is 0.250. The van der Waals surface area contributed by atoms with Crippen molar-refractivity contribution in [2.24, 2.45) is 0 Å². The van der Waals surface area contributed by atoms with Crippen LogP contribution in [0, 0.1) is 12.7 Å². The van der Waals surface area contributed by atoms with E-state index >= 15 is 0 Å². The van der Waals surface area contributed by atoms with Crippen molar-refractivity contribution < 1.29 is 4.39 Å². The summed E-state index contributed by atoms with van der Waals surface area (Å²) >= 11 is 11.8. The van der Waals surface area contributed by atoms with Crippen LogP contribution in [0.25, 0.3) is 16.7 Å². The molecule has 3 heterocycles. The first-order valence-corrected chi connectivity index (χ1v) is 8.13. The molecule has 122 valence electrons. The average molecular weight is 365 g/mol. The zero-order chi connectivity index (χ0) is 17.0. The first kappa shape index (κ1) is 15.5. The number of hydrogen-bond acceptors (Lipinski definition) is 4. The Morgan fingerprint density at radius 1 is 1.25 bits per heavy atom. The van der Waals surface area contributed by atoms with Crippen LogP contribution in [0.4, 0.5) is 4.39 Å². The van der Waals surface area contributed by atoms with E-state index in [1.807, 2.05) is 6.92 Å². The molecule has 0 saturated heterocycles. The van der Waals surface area contributed by atoms with Gasteiger partial charge in [-0.3, -0.25) is 4.98 Å². The summed E-state index contributed by atoms with van der Waals surface area (Å²) in [6.07, 6.45) is 3.74. The lowest BCUT2D eigenvalue weighted by atomic mass is 10.1. The van der Waals surface area contributed by atoms with E-state index < -0.39 is 11.5 Å². The lowest BCUT2D eigenvalue weighted by Crippen LogP contribution is -2.25. The molecular formula is C16H11Cl2FN4O. The minimum atomic E-state index is -0.719. The van der Waals surface area contributed by atoms with Crippen molar-refractivity contribution in [2.75, 3.05) is 0 Å². The molecule has 1 saturated carbocycles.